The van der Waals surface area contributed by atoms with E-state index in [1.165, 1.54) is 0 Å². The first-order valence-electron chi connectivity index (χ1n) is 11.2. The highest BCUT2D eigenvalue weighted by molar-refractivity contribution is 5.98. The zero-order chi connectivity index (χ0) is 23.1. The Labute approximate surface area is 191 Å². The van der Waals surface area contributed by atoms with Crippen LogP contribution in [0.4, 0.5) is 0 Å². The summed E-state index contributed by atoms with van der Waals surface area (Å²) < 4.78 is 0. The third kappa shape index (κ3) is 5.85. The highest BCUT2D eigenvalue weighted by Crippen LogP contribution is 2.17. The molecule has 0 spiro atoms. The van der Waals surface area contributed by atoms with Gasteiger partial charge >= 0.3 is 0 Å². The summed E-state index contributed by atoms with van der Waals surface area (Å²) in [5, 5.41) is 0. The van der Waals surface area contributed by atoms with Crippen LogP contribution in [0.3, 0.4) is 0 Å². The lowest BCUT2D eigenvalue weighted by Crippen LogP contribution is -2.42. The molecule has 0 unspecified atom stereocenters. The van der Waals surface area contributed by atoms with Gasteiger partial charge < -0.3 is 9.80 Å². The van der Waals surface area contributed by atoms with Crippen molar-refractivity contribution >= 4 is 11.8 Å². The van der Waals surface area contributed by atoms with Gasteiger partial charge in [-0.15, -0.1) is 0 Å². The van der Waals surface area contributed by atoms with Crippen LogP contribution >= 0.6 is 0 Å². The van der Waals surface area contributed by atoms with Crippen LogP contribution in [0.25, 0.3) is 0 Å². The third-order valence-corrected chi connectivity index (χ3v) is 5.45. The van der Waals surface area contributed by atoms with Crippen molar-refractivity contribution in [1.29, 1.82) is 0 Å². The van der Waals surface area contributed by atoms with Crippen LogP contribution in [0.5, 0.6) is 0 Å². The molecule has 32 heavy (non-hydrogen) atoms. The number of amides is 2. The lowest BCUT2D eigenvalue weighted by Gasteiger charge is -2.31. The topological polar surface area (TPSA) is 40.6 Å². The molecule has 0 aliphatic carbocycles. The summed E-state index contributed by atoms with van der Waals surface area (Å²) in [7, 11) is 0. The number of benzene rings is 3. The number of carbonyl (C=O) groups excluding carboxylic acids is 2. The molecule has 4 nitrogen and oxygen atoms in total. The SMILES string of the molecule is CC(C)N(C(=O)c1ccc(C(=O)N(Cc2ccccc2)Cc2ccccc2)cc1)C(C)C. The second-order valence-electron chi connectivity index (χ2n) is 8.61. The minimum absolute atomic E-state index is 0.0144. The van der Waals surface area contributed by atoms with Crippen LogP contribution in [-0.4, -0.2) is 33.7 Å². The summed E-state index contributed by atoms with van der Waals surface area (Å²) in [6.45, 7) is 9.09. The van der Waals surface area contributed by atoms with Crippen molar-refractivity contribution in [3.63, 3.8) is 0 Å². The van der Waals surface area contributed by atoms with Gasteiger partial charge in [-0.25, -0.2) is 0 Å². The monoisotopic (exact) mass is 428 g/mol. The number of nitrogens with zero attached hydrogens (tertiary/aromatic N) is 2. The summed E-state index contributed by atoms with van der Waals surface area (Å²) in [4.78, 5) is 30.1. The molecule has 0 fully saturated rings. The maximum atomic E-state index is 13.4. The van der Waals surface area contributed by atoms with Gasteiger partial charge in [0.15, 0.2) is 0 Å². The van der Waals surface area contributed by atoms with Gasteiger partial charge in [0, 0.05) is 36.3 Å². The molecule has 3 aromatic rings. The molecule has 0 aliphatic rings. The van der Waals surface area contributed by atoms with E-state index < -0.39 is 0 Å². The van der Waals surface area contributed by atoms with Gasteiger partial charge in [-0.05, 0) is 63.1 Å². The first kappa shape index (κ1) is 23.3. The summed E-state index contributed by atoms with van der Waals surface area (Å²) in [5.41, 5.74) is 3.33. The van der Waals surface area contributed by atoms with Crippen LogP contribution in [0.2, 0.25) is 0 Å². The fourth-order valence-corrected chi connectivity index (χ4v) is 3.96. The van der Waals surface area contributed by atoms with Crippen molar-refractivity contribution in [2.24, 2.45) is 0 Å². The molecule has 0 bridgehead atoms. The predicted molar refractivity (Wildman–Crippen MR) is 129 cm³/mol. The lowest BCUT2D eigenvalue weighted by molar-refractivity contribution is 0.0642. The molecular formula is C28H32N2O2. The summed E-state index contributed by atoms with van der Waals surface area (Å²) in [6, 6.07) is 27.2. The molecule has 4 heteroatoms. The first-order valence-corrected chi connectivity index (χ1v) is 11.2. The van der Waals surface area contributed by atoms with Crippen molar-refractivity contribution in [1.82, 2.24) is 9.80 Å². The minimum atomic E-state index is -0.0544. The Morgan fingerprint density at radius 3 is 1.34 bits per heavy atom. The van der Waals surface area contributed by atoms with Crippen molar-refractivity contribution in [2.75, 3.05) is 0 Å². The Morgan fingerprint density at radius 2 is 0.969 bits per heavy atom. The molecular weight excluding hydrogens is 396 g/mol. The maximum absolute atomic E-state index is 13.4. The molecule has 3 aromatic carbocycles. The van der Waals surface area contributed by atoms with Crippen LogP contribution in [0, 0.1) is 0 Å². The van der Waals surface area contributed by atoms with Crippen molar-refractivity contribution in [3.8, 4) is 0 Å². The maximum Gasteiger partial charge on any atom is 0.254 e. The van der Waals surface area contributed by atoms with Crippen LogP contribution in [0.15, 0.2) is 84.9 Å². The Bertz CT molecular complexity index is 963. The smallest absolute Gasteiger partial charge is 0.254 e. The van der Waals surface area contributed by atoms with Gasteiger partial charge in [0.2, 0.25) is 0 Å². The molecule has 0 heterocycles. The van der Waals surface area contributed by atoms with E-state index in [0.717, 1.165) is 11.1 Å². The van der Waals surface area contributed by atoms with E-state index in [1.54, 1.807) is 24.3 Å². The van der Waals surface area contributed by atoms with E-state index in [2.05, 4.69) is 0 Å². The molecule has 166 valence electrons. The van der Waals surface area contributed by atoms with E-state index in [-0.39, 0.29) is 23.9 Å². The van der Waals surface area contributed by atoms with Gasteiger partial charge in [0.1, 0.15) is 0 Å². The molecule has 0 aromatic heterocycles. The fourth-order valence-electron chi connectivity index (χ4n) is 3.96. The molecule has 0 saturated carbocycles. The normalized spacial score (nSPS) is 10.9. The second kappa shape index (κ2) is 10.8. The first-order chi connectivity index (χ1) is 15.4. The molecule has 0 saturated heterocycles. The fraction of sp³-hybridized carbons (Fsp3) is 0.286. The Kier molecular flexibility index (Phi) is 7.82. The molecule has 2 amide bonds. The van der Waals surface area contributed by atoms with E-state index in [0.29, 0.717) is 24.2 Å². The zero-order valence-corrected chi connectivity index (χ0v) is 19.4. The van der Waals surface area contributed by atoms with Gasteiger partial charge in [-0.1, -0.05) is 60.7 Å². The predicted octanol–water partition coefficient (Wildman–Crippen LogP) is 5.79. The van der Waals surface area contributed by atoms with Crippen LogP contribution in [-0.2, 0) is 13.1 Å². The highest BCUT2D eigenvalue weighted by Gasteiger charge is 2.22. The lowest BCUT2D eigenvalue weighted by atomic mass is 10.1. The zero-order valence-electron chi connectivity index (χ0n) is 19.4. The van der Waals surface area contributed by atoms with Gasteiger partial charge in [-0.3, -0.25) is 9.59 Å². The van der Waals surface area contributed by atoms with E-state index >= 15 is 0 Å². The Balaban J connectivity index is 1.83. The van der Waals surface area contributed by atoms with Crippen molar-refractivity contribution in [2.45, 2.75) is 52.9 Å². The Morgan fingerprint density at radius 1 is 0.594 bits per heavy atom. The average Bonchev–Trinajstić information content (AvgIpc) is 2.79. The average molecular weight is 429 g/mol. The molecule has 0 radical (unpaired) electrons. The third-order valence-electron chi connectivity index (χ3n) is 5.45. The summed E-state index contributed by atoms with van der Waals surface area (Å²) in [5.74, 6) is -0.0688. The number of carbonyl (C=O) groups is 2. The largest absolute Gasteiger partial charge is 0.334 e. The number of hydrogen-bond acceptors (Lipinski definition) is 2. The van der Waals surface area contributed by atoms with Crippen LogP contribution in [0.1, 0.15) is 59.5 Å². The quantitative estimate of drug-likeness (QED) is 0.456. The number of rotatable bonds is 8. The van der Waals surface area contributed by atoms with Crippen molar-refractivity contribution in [3.05, 3.63) is 107 Å². The van der Waals surface area contributed by atoms with Gasteiger partial charge in [0.05, 0.1) is 0 Å². The minimum Gasteiger partial charge on any atom is -0.334 e. The molecule has 0 aliphatic heterocycles. The summed E-state index contributed by atoms with van der Waals surface area (Å²) >= 11 is 0. The second-order valence-corrected chi connectivity index (χ2v) is 8.61. The highest BCUT2D eigenvalue weighted by atomic mass is 16.2. The van der Waals surface area contributed by atoms with E-state index in [9.17, 15) is 9.59 Å². The summed E-state index contributed by atoms with van der Waals surface area (Å²) in [6.07, 6.45) is 0. The number of hydrogen-bond donors (Lipinski definition) is 0. The van der Waals surface area contributed by atoms with Crippen molar-refractivity contribution < 1.29 is 9.59 Å². The van der Waals surface area contributed by atoms with Gasteiger partial charge in [0.25, 0.3) is 11.8 Å². The van der Waals surface area contributed by atoms with E-state index in [4.69, 9.17) is 0 Å². The Hall–Kier alpha value is -3.40. The van der Waals surface area contributed by atoms with Gasteiger partial charge in [-0.2, -0.15) is 0 Å². The molecule has 3 rings (SSSR count). The van der Waals surface area contributed by atoms with Crippen LogP contribution < -0.4 is 0 Å². The molecule has 0 atom stereocenters. The molecule has 0 N–H and O–H groups in total. The van der Waals surface area contributed by atoms with E-state index in [1.807, 2.05) is 98.2 Å². The standard InChI is InChI=1S/C28H32N2O2/c1-21(2)30(22(3)4)28(32)26-17-15-25(16-18-26)27(31)29(19-23-11-7-5-8-12-23)20-24-13-9-6-10-14-24/h5-18,21-22H,19-20H2,1-4H3.